The van der Waals surface area contributed by atoms with Crippen LogP contribution in [0.15, 0.2) is 41.3 Å². The molecule has 6 nitrogen and oxygen atoms in total. The van der Waals surface area contributed by atoms with Crippen LogP contribution in [-0.4, -0.2) is 35.2 Å². The quantitative estimate of drug-likeness (QED) is 0.835. The SMILES string of the molecule is CN1CCOc2cc(S(=O)(=O)Nc3ccc4c(c3)CNCC4)ccc21.Cl. The highest BCUT2D eigenvalue weighted by molar-refractivity contribution is 7.92. The average molecular weight is 396 g/mol. The number of anilines is 2. The van der Waals surface area contributed by atoms with Crippen molar-refractivity contribution in [2.24, 2.45) is 0 Å². The van der Waals surface area contributed by atoms with E-state index in [-0.39, 0.29) is 17.3 Å². The van der Waals surface area contributed by atoms with Crippen LogP contribution in [0.4, 0.5) is 11.4 Å². The average Bonchev–Trinajstić information content (AvgIpc) is 2.61. The van der Waals surface area contributed by atoms with E-state index in [1.807, 2.05) is 25.2 Å². The lowest BCUT2D eigenvalue weighted by molar-refractivity contribution is 0.310. The van der Waals surface area contributed by atoms with Gasteiger partial charge in [0.25, 0.3) is 10.0 Å². The third kappa shape index (κ3) is 3.60. The molecule has 0 spiro atoms. The zero-order valence-corrected chi connectivity index (χ0v) is 16.1. The largest absolute Gasteiger partial charge is 0.490 e. The molecular weight excluding hydrogens is 374 g/mol. The number of likely N-dealkylation sites (N-methyl/N-ethyl adjacent to an activating group) is 1. The van der Waals surface area contributed by atoms with Gasteiger partial charge in [0.2, 0.25) is 0 Å². The molecule has 0 saturated carbocycles. The van der Waals surface area contributed by atoms with Gasteiger partial charge in [0.05, 0.1) is 17.1 Å². The monoisotopic (exact) mass is 395 g/mol. The van der Waals surface area contributed by atoms with Crippen LogP contribution >= 0.6 is 12.4 Å². The first-order chi connectivity index (χ1) is 12.0. The van der Waals surface area contributed by atoms with Gasteiger partial charge in [-0.3, -0.25) is 4.72 Å². The van der Waals surface area contributed by atoms with Crippen molar-refractivity contribution in [3.05, 3.63) is 47.5 Å². The molecule has 0 bridgehead atoms. The Kier molecular flexibility index (Phi) is 5.32. The molecule has 0 radical (unpaired) electrons. The van der Waals surface area contributed by atoms with E-state index in [0.717, 1.165) is 37.3 Å². The summed E-state index contributed by atoms with van der Waals surface area (Å²) >= 11 is 0. The van der Waals surface area contributed by atoms with Gasteiger partial charge in [-0.2, -0.15) is 0 Å². The van der Waals surface area contributed by atoms with Crippen LogP contribution in [0.5, 0.6) is 5.75 Å². The van der Waals surface area contributed by atoms with Crippen molar-refractivity contribution < 1.29 is 13.2 Å². The van der Waals surface area contributed by atoms with Crippen LogP contribution in [0.25, 0.3) is 0 Å². The van der Waals surface area contributed by atoms with E-state index in [4.69, 9.17) is 4.74 Å². The van der Waals surface area contributed by atoms with Crippen LogP contribution in [-0.2, 0) is 23.0 Å². The first kappa shape index (κ1) is 18.8. The fraction of sp³-hybridized carbons (Fsp3) is 0.333. The van der Waals surface area contributed by atoms with E-state index >= 15 is 0 Å². The number of hydrogen-bond donors (Lipinski definition) is 2. The Balaban J connectivity index is 0.00000196. The summed E-state index contributed by atoms with van der Waals surface area (Å²) < 4.78 is 33.8. The second-order valence-electron chi connectivity index (χ2n) is 6.42. The van der Waals surface area contributed by atoms with Gasteiger partial charge in [-0.1, -0.05) is 6.07 Å². The third-order valence-corrected chi connectivity index (χ3v) is 6.06. The maximum Gasteiger partial charge on any atom is 0.262 e. The number of nitrogens with zero attached hydrogens (tertiary/aromatic N) is 1. The van der Waals surface area contributed by atoms with Crippen LogP contribution in [0, 0.1) is 0 Å². The van der Waals surface area contributed by atoms with Crippen molar-refractivity contribution >= 4 is 33.8 Å². The third-order valence-electron chi connectivity index (χ3n) is 4.68. The predicted octanol–water partition coefficient (Wildman–Crippen LogP) is 2.38. The highest BCUT2D eigenvalue weighted by Crippen LogP contribution is 2.33. The predicted molar refractivity (Wildman–Crippen MR) is 105 cm³/mol. The molecule has 0 unspecified atom stereocenters. The zero-order chi connectivity index (χ0) is 17.4. The lowest BCUT2D eigenvalue weighted by atomic mass is 10.0. The van der Waals surface area contributed by atoms with Crippen molar-refractivity contribution in [3.63, 3.8) is 0 Å². The van der Waals surface area contributed by atoms with E-state index in [2.05, 4.69) is 14.9 Å². The second-order valence-corrected chi connectivity index (χ2v) is 8.10. The molecule has 8 heteroatoms. The number of sulfonamides is 1. The molecule has 2 N–H and O–H groups in total. The summed E-state index contributed by atoms with van der Waals surface area (Å²) in [7, 11) is -1.69. The van der Waals surface area contributed by atoms with Crippen LogP contribution in [0.2, 0.25) is 0 Å². The van der Waals surface area contributed by atoms with Crippen molar-refractivity contribution in [2.45, 2.75) is 17.9 Å². The Morgan fingerprint density at radius 3 is 2.85 bits per heavy atom. The number of ether oxygens (including phenoxy) is 1. The molecule has 26 heavy (non-hydrogen) atoms. The van der Waals surface area contributed by atoms with Gasteiger partial charge in [-0.15, -0.1) is 12.4 Å². The summed E-state index contributed by atoms with van der Waals surface area (Å²) in [6.45, 7) is 3.07. The molecule has 140 valence electrons. The Morgan fingerprint density at radius 2 is 2.00 bits per heavy atom. The number of nitrogens with one attached hydrogen (secondary N) is 2. The Morgan fingerprint density at radius 1 is 1.15 bits per heavy atom. The maximum atomic E-state index is 12.7. The van der Waals surface area contributed by atoms with Crippen LogP contribution in [0.3, 0.4) is 0 Å². The number of rotatable bonds is 3. The summed E-state index contributed by atoms with van der Waals surface area (Å²) in [5, 5.41) is 3.30. The molecule has 0 fully saturated rings. The van der Waals surface area contributed by atoms with Gasteiger partial charge in [0.15, 0.2) is 0 Å². The lowest BCUT2D eigenvalue weighted by Gasteiger charge is -2.27. The standard InChI is InChI=1S/C18H21N3O3S.ClH/c1-21-8-9-24-18-11-16(4-5-17(18)21)25(22,23)20-15-3-2-13-6-7-19-12-14(13)10-15;/h2-5,10-11,19-20H,6-9,12H2,1H3;1H. The first-order valence-electron chi connectivity index (χ1n) is 8.36. The molecule has 0 atom stereocenters. The Hall–Kier alpha value is -1.96. The van der Waals surface area contributed by atoms with Crippen molar-refractivity contribution in [1.29, 1.82) is 0 Å². The summed E-state index contributed by atoms with van der Waals surface area (Å²) in [6, 6.07) is 10.7. The zero-order valence-electron chi connectivity index (χ0n) is 14.5. The maximum absolute atomic E-state index is 12.7. The molecule has 2 aromatic rings. The summed E-state index contributed by atoms with van der Waals surface area (Å²) in [5.74, 6) is 0.603. The Labute approximate surface area is 160 Å². The summed E-state index contributed by atoms with van der Waals surface area (Å²) in [5.41, 5.74) is 3.90. The van der Waals surface area contributed by atoms with E-state index in [1.165, 1.54) is 5.56 Å². The van der Waals surface area contributed by atoms with Gasteiger partial charge < -0.3 is 15.0 Å². The minimum atomic E-state index is -3.66. The van der Waals surface area contributed by atoms with Gasteiger partial charge >= 0.3 is 0 Å². The highest BCUT2D eigenvalue weighted by atomic mass is 35.5. The van der Waals surface area contributed by atoms with Crippen molar-refractivity contribution in [3.8, 4) is 5.75 Å². The molecule has 2 aromatic carbocycles. The van der Waals surface area contributed by atoms with Gasteiger partial charge in [0, 0.05) is 25.3 Å². The molecular formula is C18H22ClN3O3S. The molecule has 2 aliphatic rings. The van der Waals surface area contributed by atoms with Gasteiger partial charge in [-0.05, 0) is 48.4 Å². The van der Waals surface area contributed by atoms with E-state index in [9.17, 15) is 8.42 Å². The fourth-order valence-corrected chi connectivity index (χ4v) is 4.33. The first-order valence-corrected chi connectivity index (χ1v) is 9.84. The van der Waals surface area contributed by atoms with E-state index < -0.39 is 10.0 Å². The number of fused-ring (bicyclic) bond motifs is 2. The van der Waals surface area contributed by atoms with Crippen molar-refractivity contribution in [2.75, 3.05) is 36.4 Å². The molecule has 2 heterocycles. The molecule has 0 amide bonds. The lowest BCUT2D eigenvalue weighted by Crippen LogP contribution is -2.29. The number of hydrogen-bond acceptors (Lipinski definition) is 5. The van der Waals surface area contributed by atoms with Crippen LogP contribution in [0.1, 0.15) is 11.1 Å². The molecule has 0 aliphatic carbocycles. The minimum Gasteiger partial charge on any atom is -0.490 e. The fourth-order valence-electron chi connectivity index (χ4n) is 3.26. The minimum absolute atomic E-state index is 0. The number of halogens is 1. The summed E-state index contributed by atoms with van der Waals surface area (Å²) in [6.07, 6.45) is 0.970. The van der Waals surface area contributed by atoms with E-state index in [1.54, 1.807) is 18.2 Å². The summed E-state index contributed by atoms with van der Waals surface area (Å²) in [4.78, 5) is 2.26. The second kappa shape index (κ2) is 7.34. The van der Waals surface area contributed by atoms with Gasteiger partial charge in [-0.25, -0.2) is 8.42 Å². The van der Waals surface area contributed by atoms with Gasteiger partial charge in [0.1, 0.15) is 12.4 Å². The van der Waals surface area contributed by atoms with Crippen molar-refractivity contribution in [1.82, 2.24) is 5.32 Å². The number of benzene rings is 2. The topological polar surface area (TPSA) is 70.7 Å². The molecule has 0 saturated heterocycles. The molecule has 0 aromatic heterocycles. The normalized spacial score (nSPS) is 16.0. The van der Waals surface area contributed by atoms with E-state index in [0.29, 0.717) is 18.0 Å². The molecule has 4 rings (SSSR count). The smallest absolute Gasteiger partial charge is 0.262 e. The highest BCUT2D eigenvalue weighted by Gasteiger charge is 2.21. The Bertz CT molecular complexity index is 918. The molecule has 2 aliphatic heterocycles. The van der Waals surface area contributed by atoms with Crippen LogP contribution < -0.4 is 19.7 Å².